The molecule has 0 spiro atoms. The topological polar surface area (TPSA) is 132 Å². The van der Waals surface area contributed by atoms with Crippen LogP contribution >= 0.6 is 23.2 Å². The van der Waals surface area contributed by atoms with E-state index in [1.165, 1.54) is 17.0 Å². The first-order chi connectivity index (χ1) is 22.4. The van der Waals surface area contributed by atoms with Crippen molar-refractivity contribution in [2.75, 3.05) is 11.4 Å². The first kappa shape index (κ1) is 32.9. The number of nitrogens with zero attached hydrogens (tertiary/aromatic N) is 2. The monoisotopic (exact) mass is 682 g/mol. The fourth-order valence-electron chi connectivity index (χ4n) is 7.92. The number of imide groups is 2. The third-order valence-corrected chi connectivity index (χ3v) is 11.5. The largest absolute Gasteiger partial charge is 0.507 e. The van der Waals surface area contributed by atoms with Gasteiger partial charge in [0.25, 0.3) is 11.8 Å². The van der Waals surface area contributed by atoms with Crippen molar-refractivity contribution in [1.29, 1.82) is 0 Å². The molecule has 2 aliphatic heterocycles. The zero-order chi connectivity index (χ0) is 33.8. The van der Waals surface area contributed by atoms with E-state index in [0.717, 1.165) is 17.0 Å². The van der Waals surface area contributed by atoms with Crippen molar-refractivity contribution < 1.29 is 38.6 Å². The van der Waals surface area contributed by atoms with Gasteiger partial charge in [0.15, 0.2) is 9.75 Å². The van der Waals surface area contributed by atoms with Crippen molar-refractivity contribution in [3.05, 3.63) is 83.7 Å². The Hall–Kier alpha value is -4.02. The number of anilines is 1. The summed E-state index contributed by atoms with van der Waals surface area (Å²) >= 11 is 14.7. The van der Waals surface area contributed by atoms with Crippen molar-refractivity contribution in [2.45, 2.75) is 60.6 Å². The molecule has 47 heavy (non-hydrogen) atoms. The number of alkyl halides is 2. The van der Waals surface area contributed by atoms with Crippen LogP contribution in [-0.4, -0.2) is 61.0 Å². The highest BCUT2D eigenvalue weighted by Crippen LogP contribution is 2.66. The molecule has 3 fully saturated rings. The number of fused-ring (bicyclic) bond motifs is 4. The maximum atomic E-state index is 14.5. The van der Waals surface area contributed by atoms with Gasteiger partial charge in [0.2, 0.25) is 11.8 Å². The van der Waals surface area contributed by atoms with Gasteiger partial charge in [0.05, 0.1) is 17.5 Å². The van der Waals surface area contributed by atoms with Gasteiger partial charge in [-0.3, -0.25) is 28.9 Å². The van der Waals surface area contributed by atoms with Crippen LogP contribution in [0.1, 0.15) is 55.6 Å². The number of carboxylic acids is 1. The molecule has 6 atom stereocenters. The molecular weight excluding hydrogens is 650 g/mol. The van der Waals surface area contributed by atoms with Gasteiger partial charge in [0, 0.05) is 24.4 Å². The standard InChI is InChI=1S/C35H33Cl2FN2O7/c1-2-7-19-8-6-9-24(29(19)43)28-22-15-16-23-27(31(45)39(30(23)44)17-5-3-4-10-26(41)42)25(22)18-34(36)32(46)40(33(47)35(28,34)37)21-13-11-20(38)12-14-21/h2,6,8-9,11-15,23,25,27-28,43H,1,3-5,7,10,16-18H2,(H,41,42)/t23-,25+,27-,28+,34+,35-/m0/s1. The van der Waals surface area contributed by atoms with E-state index in [1.807, 2.05) is 0 Å². The van der Waals surface area contributed by atoms with E-state index >= 15 is 0 Å². The molecule has 2 aromatic rings. The van der Waals surface area contributed by atoms with Gasteiger partial charge in [0.1, 0.15) is 11.6 Å². The number of carbonyl (C=O) groups excluding carboxylic acids is 4. The molecule has 0 bridgehead atoms. The van der Waals surface area contributed by atoms with Crippen molar-refractivity contribution in [1.82, 2.24) is 4.90 Å². The number of likely N-dealkylation sites (tertiary alicyclic amines) is 1. The summed E-state index contributed by atoms with van der Waals surface area (Å²) in [6.07, 6.45) is 4.99. The molecule has 2 saturated heterocycles. The molecule has 1 saturated carbocycles. The Morgan fingerprint density at radius 1 is 1.00 bits per heavy atom. The predicted octanol–water partition coefficient (Wildman–Crippen LogP) is 5.47. The van der Waals surface area contributed by atoms with Crippen LogP contribution in [-0.2, 0) is 30.4 Å². The summed E-state index contributed by atoms with van der Waals surface area (Å²) in [5, 5.41) is 20.5. The Bertz CT molecular complexity index is 1730. The van der Waals surface area contributed by atoms with Crippen LogP contribution in [0.15, 0.2) is 66.8 Å². The SMILES string of the molecule is C=CCc1cccc([C@H]2C3=CC[C@@H]4C(=O)N(CCCCCC(=O)O)C(=O)[C@@H]4[C@@H]3C[C@@]3(Cl)C(=O)N(c4ccc(F)cc4)C(=O)[C@@]23Cl)c1O. The number of benzene rings is 2. The smallest absolute Gasteiger partial charge is 0.303 e. The minimum atomic E-state index is -2.16. The van der Waals surface area contributed by atoms with Gasteiger partial charge in [-0.05, 0) is 67.9 Å². The summed E-state index contributed by atoms with van der Waals surface area (Å²) in [6.45, 7) is 3.88. The summed E-state index contributed by atoms with van der Waals surface area (Å²) in [7, 11) is 0. The number of amides is 4. The number of aromatic hydroxyl groups is 1. The number of phenols is 1. The van der Waals surface area contributed by atoms with E-state index < -0.39 is 62.9 Å². The Morgan fingerprint density at radius 3 is 2.40 bits per heavy atom. The number of phenolic OH excluding ortho intramolecular Hbond substituents is 1. The highest BCUT2D eigenvalue weighted by atomic mass is 35.5. The number of rotatable bonds is 10. The number of halogens is 3. The van der Waals surface area contributed by atoms with Crippen molar-refractivity contribution >= 4 is 58.5 Å². The van der Waals surface area contributed by atoms with Gasteiger partial charge in [-0.1, -0.05) is 42.3 Å². The third-order valence-electron chi connectivity index (χ3n) is 10.1. The molecule has 2 N–H and O–H groups in total. The number of hydrogen-bond acceptors (Lipinski definition) is 6. The molecule has 6 rings (SSSR count). The molecule has 0 unspecified atom stereocenters. The summed E-state index contributed by atoms with van der Waals surface area (Å²) in [4.78, 5) is 65.0. The van der Waals surface area contributed by atoms with Gasteiger partial charge in [-0.2, -0.15) is 0 Å². The number of carboxylic acid groups (broad SMARTS) is 1. The van der Waals surface area contributed by atoms with E-state index in [1.54, 1.807) is 30.4 Å². The van der Waals surface area contributed by atoms with E-state index in [-0.39, 0.29) is 48.7 Å². The van der Waals surface area contributed by atoms with Crippen LogP contribution in [0.25, 0.3) is 0 Å². The molecule has 4 amide bonds. The van der Waals surface area contributed by atoms with Gasteiger partial charge in [-0.25, -0.2) is 9.29 Å². The lowest BCUT2D eigenvalue weighted by Gasteiger charge is -2.50. The van der Waals surface area contributed by atoms with Crippen LogP contribution in [0.3, 0.4) is 0 Å². The van der Waals surface area contributed by atoms with Gasteiger partial charge < -0.3 is 10.2 Å². The lowest BCUT2D eigenvalue weighted by Crippen LogP contribution is -2.60. The zero-order valence-corrected chi connectivity index (χ0v) is 26.8. The molecular formula is C35H33Cl2FN2O7. The summed E-state index contributed by atoms with van der Waals surface area (Å²) in [5.41, 5.74) is 1.35. The second-order valence-corrected chi connectivity index (χ2v) is 13.9. The average Bonchev–Trinajstić information content (AvgIpc) is 3.36. The molecule has 4 aliphatic rings. The van der Waals surface area contributed by atoms with Crippen LogP contribution in [0.2, 0.25) is 0 Å². The van der Waals surface area contributed by atoms with Gasteiger partial charge in [-0.15, -0.1) is 29.8 Å². The number of carbonyl (C=O) groups is 5. The van der Waals surface area contributed by atoms with Crippen molar-refractivity contribution in [2.24, 2.45) is 17.8 Å². The highest BCUT2D eigenvalue weighted by molar-refractivity contribution is 6.58. The van der Waals surface area contributed by atoms with E-state index in [2.05, 4.69) is 6.58 Å². The van der Waals surface area contributed by atoms with Crippen molar-refractivity contribution in [3.63, 3.8) is 0 Å². The summed E-state index contributed by atoms with van der Waals surface area (Å²) < 4.78 is 13.8. The lowest BCUT2D eigenvalue weighted by atomic mass is 9.56. The van der Waals surface area contributed by atoms with E-state index in [4.69, 9.17) is 28.3 Å². The molecule has 2 aliphatic carbocycles. The first-order valence-corrected chi connectivity index (χ1v) is 16.3. The minimum absolute atomic E-state index is 0.00952. The molecule has 9 nitrogen and oxygen atoms in total. The van der Waals surface area contributed by atoms with E-state index in [9.17, 15) is 33.5 Å². The summed E-state index contributed by atoms with van der Waals surface area (Å²) in [6, 6.07) is 9.75. The Kier molecular flexibility index (Phi) is 8.55. The molecule has 0 aromatic heterocycles. The normalized spacial score (nSPS) is 29.8. The molecule has 2 heterocycles. The fourth-order valence-corrected chi connectivity index (χ4v) is 8.84. The number of hydrogen-bond donors (Lipinski definition) is 2. The number of unbranched alkanes of at least 4 members (excludes halogenated alkanes) is 2. The van der Waals surface area contributed by atoms with Gasteiger partial charge >= 0.3 is 5.97 Å². The highest BCUT2D eigenvalue weighted by Gasteiger charge is 2.76. The lowest BCUT2D eigenvalue weighted by molar-refractivity contribution is -0.141. The number of allylic oxidation sites excluding steroid dienone is 3. The van der Waals surface area contributed by atoms with Crippen LogP contribution in [0.5, 0.6) is 5.75 Å². The predicted molar refractivity (Wildman–Crippen MR) is 171 cm³/mol. The molecule has 0 radical (unpaired) electrons. The maximum Gasteiger partial charge on any atom is 0.303 e. The molecule has 12 heteroatoms. The Labute approximate surface area is 280 Å². The maximum absolute atomic E-state index is 14.5. The molecule has 246 valence electrons. The summed E-state index contributed by atoms with van der Waals surface area (Å²) in [5.74, 6) is -7.66. The Morgan fingerprint density at radius 2 is 1.72 bits per heavy atom. The average molecular weight is 684 g/mol. The van der Waals surface area contributed by atoms with Crippen molar-refractivity contribution in [3.8, 4) is 5.75 Å². The first-order valence-electron chi connectivity index (χ1n) is 15.6. The second kappa shape index (κ2) is 12.2. The third kappa shape index (κ3) is 4.99. The zero-order valence-electron chi connectivity index (χ0n) is 25.3. The number of para-hydroxylation sites is 1. The second-order valence-electron chi connectivity index (χ2n) is 12.6. The fraction of sp³-hybridized carbons (Fsp3) is 0.400. The quantitative estimate of drug-likeness (QED) is 0.147. The van der Waals surface area contributed by atoms with Crippen LogP contribution in [0, 0.1) is 23.6 Å². The van der Waals surface area contributed by atoms with Crippen LogP contribution < -0.4 is 4.90 Å². The number of aliphatic carboxylic acids is 1. The minimum Gasteiger partial charge on any atom is -0.507 e. The molecule has 2 aromatic carbocycles. The van der Waals surface area contributed by atoms with E-state index in [0.29, 0.717) is 36.8 Å². The Balaban J connectivity index is 1.45. The van der Waals surface area contributed by atoms with Crippen LogP contribution in [0.4, 0.5) is 10.1 Å².